The predicted molar refractivity (Wildman–Crippen MR) is 102 cm³/mol. The van der Waals surface area contributed by atoms with Gasteiger partial charge in [-0.3, -0.25) is 9.69 Å². The molecule has 140 valence electrons. The first kappa shape index (κ1) is 19.6. The van der Waals surface area contributed by atoms with E-state index in [9.17, 15) is 4.79 Å². The first-order chi connectivity index (χ1) is 12.1. The van der Waals surface area contributed by atoms with Crippen LogP contribution in [0.5, 0.6) is 0 Å². The van der Waals surface area contributed by atoms with E-state index in [1.807, 2.05) is 18.0 Å². The molecule has 1 unspecified atom stereocenters. The Morgan fingerprint density at radius 3 is 2.52 bits per heavy atom. The van der Waals surface area contributed by atoms with Crippen LogP contribution in [0.4, 0.5) is 5.95 Å². The maximum atomic E-state index is 12.1. The summed E-state index contributed by atoms with van der Waals surface area (Å²) >= 11 is 0. The van der Waals surface area contributed by atoms with Gasteiger partial charge in [0.1, 0.15) is 0 Å². The number of hydrogen-bond donors (Lipinski definition) is 0. The Morgan fingerprint density at radius 2 is 1.88 bits per heavy atom. The van der Waals surface area contributed by atoms with Crippen molar-refractivity contribution in [2.75, 3.05) is 51.2 Å². The second kappa shape index (κ2) is 10.3. The molecule has 0 bridgehead atoms. The highest BCUT2D eigenvalue weighted by Crippen LogP contribution is 2.11. The summed E-state index contributed by atoms with van der Waals surface area (Å²) < 4.78 is 0. The van der Waals surface area contributed by atoms with Crippen LogP contribution in [0.1, 0.15) is 39.5 Å². The molecule has 1 aromatic heterocycles. The third-order valence-electron chi connectivity index (χ3n) is 5.07. The van der Waals surface area contributed by atoms with Gasteiger partial charge in [0.05, 0.1) is 0 Å². The molecule has 6 nitrogen and oxygen atoms in total. The molecule has 1 aromatic rings. The van der Waals surface area contributed by atoms with E-state index in [4.69, 9.17) is 0 Å². The Kier molecular flexibility index (Phi) is 8.12. The second-order valence-electron chi connectivity index (χ2n) is 7.12. The smallest absolute Gasteiger partial charge is 0.225 e. The topological polar surface area (TPSA) is 52.6 Å². The van der Waals surface area contributed by atoms with Gasteiger partial charge < -0.3 is 9.80 Å². The maximum Gasteiger partial charge on any atom is 0.225 e. The van der Waals surface area contributed by atoms with Crippen molar-refractivity contribution in [1.29, 1.82) is 0 Å². The van der Waals surface area contributed by atoms with Gasteiger partial charge in [0.15, 0.2) is 0 Å². The molecular weight excluding hydrogens is 314 g/mol. The van der Waals surface area contributed by atoms with Gasteiger partial charge in [0.2, 0.25) is 11.9 Å². The van der Waals surface area contributed by atoms with Crippen molar-refractivity contribution in [2.24, 2.45) is 5.92 Å². The summed E-state index contributed by atoms with van der Waals surface area (Å²) in [6.45, 7) is 10.3. The Bertz CT molecular complexity index is 502. The van der Waals surface area contributed by atoms with E-state index in [2.05, 4.69) is 33.6 Å². The van der Waals surface area contributed by atoms with Crippen molar-refractivity contribution in [3.8, 4) is 0 Å². The summed E-state index contributed by atoms with van der Waals surface area (Å²) in [6, 6.07) is 1.85. The first-order valence-electron chi connectivity index (χ1n) is 9.58. The van der Waals surface area contributed by atoms with E-state index < -0.39 is 0 Å². The van der Waals surface area contributed by atoms with Gasteiger partial charge in [-0.05, 0) is 31.4 Å². The lowest BCUT2D eigenvalue weighted by molar-refractivity contribution is -0.130. The molecule has 2 heterocycles. The van der Waals surface area contributed by atoms with Gasteiger partial charge in [-0.1, -0.05) is 20.3 Å². The van der Waals surface area contributed by atoms with Crippen LogP contribution in [0.15, 0.2) is 18.5 Å². The molecule has 1 aliphatic heterocycles. The number of nitrogens with zero attached hydrogens (tertiary/aromatic N) is 5. The molecule has 0 aromatic carbocycles. The zero-order valence-corrected chi connectivity index (χ0v) is 16.0. The van der Waals surface area contributed by atoms with E-state index in [0.29, 0.717) is 12.3 Å². The van der Waals surface area contributed by atoms with Crippen LogP contribution in [0.3, 0.4) is 0 Å². The predicted octanol–water partition coefficient (Wildman–Crippen LogP) is 2.27. The number of anilines is 1. The van der Waals surface area contributed by atoms with E-state index in [-0.39, 0.29) is 5.91 Å². The van der Waals surface area contributed by atoms with Crippen LogP contribution < -0.4 is 4.90 Å². The Balaban J connectivity index is 1.58. The lowest BCUT2D eigenvalue weighted by Crippen LogP contribution is -2.47. The number of aromatic nitrogens is 2. The average molecular weight is 348 g/mol. The number of piperazine rings is 1. The molecule has 1 aliphatic rings. The Hall–Kier alpha value is -1.69. The van der Waals surface area contributed by atoms with Crippen molar-refractivity contribution in [3.05, 3.63) is 18.5 Å². The van der Waals surface area contributed by atoms with Gasteiger partial charge in [-0.2, -0.15) is 0 Å². The molecule has 2 rings (SSSR count). The SMILES string of the molecule is CCC(C)CC(=O)N(C)CCCCN1CCN(c2ncccn2)CC1. The zero-order valence-electron chi connectivity index (χ0n) is 16.0. The number of unbranched alkanes of at least 4 members (excludes halogenated alkanes) is 1. The molecule has 0 N–H and O–H groups in total. The minimum absolute atomic E-state index is 0.283. The normalized spacial score (nSPS) is 16.7. The monoisotopic (exact) mass is 347 g/mol. The summed E-state index contributed by atoms with van der Waals surface area (Å²) in [5, 5.41) is 0. The minimum atomic E-state index is 0.283. The average Bonchev–Trinajstić information content (AvgIpc) is 2.66. The summed E-state index contributed by atoms with van der Waals surface area (Å²) in [5.74, 6) is 1.61. The molecule has 1 saturated heterocycles. The Labute approximate surface area is 152 Å². The van der Waals surface area contributed by atoms with Crippen molar-refractivity contribution < 1.29 is 4.79 Å². The fourth-order valence-electron chi connectivity index (χ4n) is 3.03. The second-order valence-corrected chi connectivity index (χ2v) is 7.12. The molecule has 1 atom stereocenters. The van der Waals surface area contributed by atoms with E-state index in [1.165, 1.54) is 0 Å². The van der Waals surface area contributed by atoms with Gasteiger partial charge >= 0.3 is 0 Å². The number of carbonyl (C=O) groups is 1. The van der Waals surface area contributed by atoms with Gasteiger partial charge in [0.25, 0.3) is 0 Å². The van der Waals surface area contributed by atoms with Crippen molar-refractivity contribution in [1.82, 2.24) is 19.8 Å². The molecule has 0 saturated carbocycles. The first-order valence-corrected chi connectivity index (χ1v) is 9.58. The molecule has 6 heteroatoms. The highest BCUT2D eigenvalue weighted by molar-refractivity contribution is 5.76. The van der Waals surface area contributed by atoms with Crippen LogP contribution in [-0.4, -0.2) is 72.0 Å². The largest absolute Gasteiger partial charge is 0.346 e. The molecule has 25 heavy (non-hydrogen) atoms. The van der Waals surface area contributed by atoms with Crippen LogP contribution in [0.2, 0.25) is 0 Å². The van der Waals surface area contributed by atoms with Crippen molar-refractivity contribution in [2.45, 2.75) is 39.5 Å². The van der Waals surface area contributed by atoms with Crippen molar-refractivity contribution >= 4 is 11.9 Å². The molecular formula is C19H33N5O. The van der Waals surface area contributed by atoms with Crippen LogP contribution in [0, 0.1) is 5.92 Å². The maximum absolute atomic E-state index is 12.1. The molecule has 0 spiro atoms. The molecule has 1 amide bonds. The number of hydrogen-bond acceptors (Lipinski definition) is 5. The third-order valence-corrected chi connectivity index (χ3v) is 5.07. The zero-order chi connectivity index (χ0) is 18.1. The van der Waals surface area contributed by atoms with Crippen LogP contribution >= 0.6 is 0 Å². The number of rotatable bonds is 9. The molecule has 0 radical (unpaired) electrons. The highest BCUT2D eigenvalue weighted by Gasteiger charge is 2.18. The van der Waals surface area contributed by atoms with Crippen LogP contribution in [-0.2, 0) is 4.79 Å². The van der Waals surface area contributed by atoms with Crippen molar-refractivity contribution in [3.63, 3.8) is 0 Å². The quantitative estimate of drug-likeness (QED) is 0.642. The number of amides is 1. The van der Waals surface area contributed by atoms with Gasteiger partial charge in [-0.15, -0.1) is 0 Å². The summed E-state index contributed by atoms with van der Waals surface area (Å²) in [6.07, 6.45) is 7.56. The summed E-state index contributed by atoms with van der Waals surface area (Å²) in [5.41, 5.74) is 0. The molecule has 0 aliphatic carbocycles. The standard InChI is InChI=1S/C19H33N5O/c1-4-17(2)16-18(25)22(3)10-5-6-11-23-12-14-24(15-13-23)19-20-8-7-9-21-19/h7-9,17H,4-6,10-16H2,1-3H3. The van der Waals surface area contributed by atoms with Gasteiger partial charge in [0, 0.05) is 58.6 Å². The lowest BCUT2D eigenvalue weighted by atomic mass is 10.0. The minimum Gasteiger partial charge on any atom is -0.346 e. The third kappa shape index (κ3) is 6.61. The Morgan fingerprint density at radius 1 is 1.20 bits per heavy atom. The summed E-state index contributed by atoms with van der Waals surface area (Å²) in [4.78, 5) is 27.4. The fourth-order valence-corrected chi connectivity index (χ4v) is 3.03. The van der Waals surface area contributed by atoms with E-state index in [1.54, 1.807) is 12.4 Å². The van der Waals surface area contributed by atoms with E-state index in [0.717, 1.165) is 64.5 Å². The number of carbonyl (C=O) groups excluding carboxylic acids is 1. The summed E-state index contributed by atoms with van der Waals surface area (Å²) in [7, 11) is 1.93. The van der Waals surface area contributed by atoms with Gasteiger partial charge in [-0.25, -0.2) is 9.97 Å². The van der Waals surface area contributed by atoms with Crippen LogP contribution in [0.25, 0.3) is 0 Å². The lowest BCUT2D eigenvalue weighted by Gasteiger charge is -2.34. The highest BCUT2D eigenvalue weighted by atomic mass is 16.2. The fraction of sp³-hybridized carbons (Fsp3) is 0.737. The van der Waals surface area contributed by atoms with E-state index >= 15 is 0 Å². The molecule has 1 fully saturated rings.